The standard InChI is InChI=1S/C22H31N5O8/c1-11(28)18(21(33)26-16(22(34)35)7-12-5-3-2-4-6-12)27-20(32)15(9-17(23)30)25-19(31)14-8-13(29)10-24-14/h2-6,11,13-16,18,24,28-29H,7-10H2,1H3,(H2,23,30)(H,25,31)(H,26,33)(H,27,32)(H,34,35)/t11-,13-,14+,15+,16+,18+/m1/s1. The Morgan fingerprint density at radius 1 is 1.06 bits per heavy atom. The topological polar surface area (TPSA) is 220 Å². The Bertz CT molecular complexity index is 926. The van der Waals surface area contributed by atoms with Crippen molar-refractivity contribution in [2.75, 3.05) is 6.54 Å². The Hall–Kier alpha value is -3.55. The van der Waals surface area contributed by atoms with Gasteiger partial charge in [0.05, 0.1) is 24.7 Å². The Labute approximate surface area is 201 Å². The molecule has 6 atom stereocenters. The summed E-state index contributed by atoms with van der Waals surface area (Å²) in [6.07, 6.45) is -2.71. The predicted octanol–water partition coefficient (Wildman–Crippen LogP) is -3.25. The fourth-order valence-electron chi connectivity index (χ4n) is 3.57. The highest BCUT2D eigenvalue weighted by molar-refractivity contribution is 5.96. The van der Waals surface area contributed by atoms with Crippen LogP contribution >= 0.6 is 0 Å². The number of carboxylic acids is 1. The minimum atomic E-state index is -1.58. The molecule has 1 aliphatic heterocycles. The van der Waals surface area contributed by atoms with Crippen LogP contribution in [0.15, 0.2) is 30.3 Å². The van der Waals surface area contributed by atoms with Gasteiger partial charge in [0.2, 0.25) is 23.6 Å². The van der Waals surface area contributed by atoms with Gasteiger partial charge in [0.25, 0.3) is 0 Å². The highest BCUT2D eigenvalue weighted by Gasteiger charge is 2.35. The molecule has 0 aliphatic carbocycles. The lowest BCUT2D eigenvalue weighted by atomic mass is 10.0. The van der Waals surface area contributed by atoms with Crippen molar-refractivity contribution in [3.63, 3.8) is 0 Å². The fraction of sp³-hybridized carbons (Fsp3) is 0.500. The number of β-amino-alcohol motifs (C(OH)–C–C–N with tert-alkyl or cyclic N) is 1. The Morgan fingerprint density at radius 2 is 1.71 bits per heavy atom. The van der Waals surface area contributed by atoms with E-state index in [1.165, 1.54) is 6.92 Å². The number of aliphatic hydroxyl groups is 2. The first kappa shape index (κ1) is 27.7. The summed E-state index contributed by atoms with van der Waals surface area (Å²) in [6, 6.07) is 3.36. The van der Waals surface area contributed by atoms with Crippen LogP contribution in [0.2, 0.25) is 0 Å². The van der Waals surface area contributed by atoms with E-state index in [9.17, 15) is 39.3 Å². The van der Waals surface area contributed by atoms with Gasteiger partial charge in [-0.1, -0.05) is 30.3 Å². The molecule has 4 amide bonds. The number of nitrogens with two attached hydrogens (primary N) is 1. The Kier molecular flexibility index (Phi) is 10.1. The lowest BCUT2D eigenvalue weighted by Crippen LogP contribution is -2.60. The summed E-state index contributed by atoms with van der Waals surface area (Å²) in [5.74, 6) is -4.83. The molecule has 192 valence electrons. The molecule has 1 heterocycles. The third-order valence-electron chi connectivity index (χ3n) is 5.42. The SMILES string of the molecule is C[C@@H](O)[C@H](NC(=O)[C@H](CC(N)=O)NC(=O)[C@@H]1C[C@@H](O)CN1)C(=O)N[C@@H](Cc1ccccc1)C(=O)O. The largest absolute Gasteiger partial charge is 0.480 e. The fourth-order valence-corrected chi connectivity index (χ4v) is 3.57. The van der Waals surface area contributed by atoms with Gasteiger partial charge in [0.1, 0.15) is 18.1 Å². The summed E-state index contributed by atoms with van der Waals surface area (Å²) in [4.78, 5) is 61.1. The first-order valence-electron chi connectivity index (χ1n) is 11.0. The molecule has 13 nitrogen and oxygen atoms in total. The van der Waals surface area contributed by atoms with Gasteiger partial charge in [-0.2, -0.15) is 0 Å². The molecule has 1 saturated heterocycles. The number of benzene rings is 1. The van der Waals surface area contributed by atoms with E-state index in [-0.39, 0.29) is 19.4 Å². The van der Waals surface area contributed by atoms with Crippen LogP contribution in [0.3, 0.4) is 0 Å². The van der Waals surface area contributed by atoms with E-state index in [4.69, 9.17) is 5.73 Å². The molecule has 0 saturated carbocycles. The average molecular weight is 494 g/mol. The normalized spacial score (nSPS) is 20.7. The second-order valence-corrected chi connectivity index (χ2v) is 8.40. The lowest BCUT2D eigenvalue weighted by Gasteiger charge is -2.26. The van der Waals surface area contributed by atoms with Crippen molar-refractivity contribution < 1.29 is 39.3 Å². The molecule has 1 fully saturated rings. The number of nitrogens with one attached hydrogen (secondary N) is 4. The molecule has 1 aromatic carbocycles. The molecular formula is C22H31N5O8. The van der Waals surface area contributed by atoms with Crippen molar-refractivity contribution in [1.29, 1.82) is 0 Å². The van der Waals surface area contributed by atoms with E-state index < -0.39 is 72.4 Å². The van der Waals surface area contributed by atoms with Crippen LogP contribution in [-0.2, 0) is 30.4 Å². The molecule has 2 rings (SSSR count). The van der Waals surface area contributed by atoms with Gasteiger partial charge >= 0.3 is 5.97 Å². The van der Waals surface area contributed by atoms with Crippen LogP contribution in [0.1, 0.15) is 25.3 Å². The van der Waals surface area contributed by atoms with Crippen LogP contribution in [0.25, 0.3) is 0 Å². The van der Waals surface area contributed by atoms with Gasteiger partial charge < -0.3 is 42.3 Å². The Morgan fingerprint density at radius 3 is 2.23 bits per heavy atom. The van der Waals surface area contributed by atoms with Crippen molar-refractivity contribution in [2.45, 2.75) is 62.6 Å². The maximum atomic E-state index is 12.8. The molecule has 13 heteroatoms. The van der Waals surface area contributed by atoms with E-state index >= 15 is 0 Å². The van der Waals surface area contributed by atoms with Gasteiger partial charge in [0, 0.05) is 13.0 Å². The van der Waals surface area contributed by atoms with E-state index in [1.54, 1.807) is 30.3 Å². The number of amides is 4. The molecule has 1 aromatic rings. The molecule has 0 bridgehead atoms. The van der Waals surface area contributed by atoms with Crippen molar-refractivity contribution >= 4 is 29.6 Å². The maximum absolute atomic E-state index is 12.8. The quantitative estimate of drug-likeness (QED) is 0.146. The van der Waals surface area contributed by atoms with E-state index in [0.717, 1.165) is 0 Å². The number of rotatable bonds is 12. The van der Waals surface area contributed by atoms with Gasteiger partial charge in [-0.05, 0) is 18.9 Å². The minimum Gasteiger partial charge on any atom is -0.480 e. The van der Waals surface area contributed by atoms with Gasteiger partial charge in [0.15, 0.2) is 0 Å². The first-order chi connectivity index (χ1) is 16.5. The Balaban J connectivity index is 2.09. The number of primary amides is 1. The lowest BCUT2D eigenvalue weighted by molar-refractivity contribution is -0.143. The van der Waals surface area contributed by atoms with Crippen molar-refractivity contribution in [2.24, 2.45) is 5.73 Å². The third-order valence-corrected chi connectivity index (χ3v) is 5.42. The van der Waals surface area contributed by atoms with Crippen molar-refractivity contribution in [3.8, 4) is 0 Å². The average Bonchev–Trinajstić information content (AvgIpc) is 3.22. The zero-order valence-corrected chi connectivity index (χ0v) is 19.1. The third kappa shape index (κ3) is 8.63. The molecule has 0 aromatic heterocycles. The van der Waals surface area contributed by atoms with Crippen molar-refractivity contribution in [3.05, 3.63) is 35.9 Å². The van der Waals surface area contributed by atoms with E-state index in [1.807, 2.05) is 0 Å². The number of aliphatic carboxylic acids is 1. The molecule has 1 aliphatic rings. The maximum Gasteiger partial charge on any atom is 0.326 e. The van der Waals surface area contributed by atoms with Crippen LogP contribution < -0.4 is 27.0 Å². The first-order valence-corrected chi connectivity index (χ1v) is 11.0. The van der Waals surface area contributed by atoms with Gasteiger partial charge in [-0.25, -0.2) is 4.79 Å². The second-order valence-electron chi connectivity index (χ2n) is 8.40. The molecule has 0 spiro atoms. The number of carbonyl (C=O) groups is 5. The number of carbonyl (C=O) groups excluding carboxylic acids is 4. The molecule has 0 radical (unpaired) electrons. The predicted molar refractivity (Wildman–Crippen MR) is 121 cm³/mol. The molecule has 35 heavy (non-hydrogen) atoms. The number of carboxylic acid groups (broad SMARTS) is 1. The summed E-state index contributed by atoms with van der Waals surface area (Å²) in [5, 5.41) is 38.8. The molecule has 0 unspecified atom stereocenters. The summed E-state index contributed by atoms with van der Waals surface area (Å²) >= 11 is 0. The molecule has 9 N–H and O–H groups in total. The summed E-state index contributed by atoms with van der Waals surface area (Å²) in [7, 11) is 0. The summed E-state index contributed by atoms with van der Waals surface area (Å²) < 4.78 is 0. The monoisotopic (exact) mass is 493 g/mol. The number of aliphatic hydroxyl groups excluding tert-OH is 2. The zero-order chi connectivity index (χ0) is 26.1. The summed E-state index contributed by atoms with van der Waals surface area (Å²) in [5.41, 5.74) is 5.83. The van der Waals surface area contributed by atoms with Gasteiger partial charge in [-0.15, -0.1) is 0 Å². The van der Waals surface area contributed by atoms with E-state index in [0.29, 0.717) is 5.56 Å². The smallest absolute Gasteiger partial charge is 0.326 e. The number of hydrogen-bond acceptors (Lipinski definition) is 8. The number of hydrogen-bond donors (Lipinski definition) is 8. The van der Waals surface area contributed by atoms with Crippen LogP contribution in [0.5, 0.6) is 0 Å². The van der Waals surface area contributed by atoms with Crippen molar-refractivity contribution in [1.82, 2.24) is 21.3 Å². The zero-order valence-electron chi connectivity index (χ0n) is 19.1. The highest BCUT2D eigenvalue weighted by atomic mass is 16.4. The minimum absolute atomic E-state index is 0.0387. The molecular weight excluding hydrogens is 462 g/mol. The van der Waals surface area contributed by atoms with Gasteiger partial charge in [-0.3, -0.25) is 19.2 Å². The van der Waals surface area contributed by atoms with Crippen LogP contribution in [-0.4, -0.2) is 87.8 Å². The van der Waals surface area contributed by atoms with E-state index in [2.05, 4.69) is 21.3 Å². The van der Waals surface area contributed by atoms with Crippen LogP contribution in [0, 0.1) is 0 Å². The summed E-state index contributed by atoms with van der Waals surface area (Å²) in [6.45, 7) is 1.39. The van der Waals surface area contributed by atoms with Crippen LogP contribution in [0.4, 0.5) is 0 Å². The highest BCUT2D eigenvalue weighted by Crippen LogP contribution is 2.08. The second kappa shape index (κ2) is 12.8.